The minimum absolute atomic E-state index is 0.154. The number of nitriles is 1. The van der Waals surface area contributed by atoms with E-state index in [1.54, 1.807) is 56.5 Å². The van der Waals surface area contributed by atoms with Gasteiger partial charge < -0.3 is 14.2 Å². The number of carbonyl (C=O) groups excluding carboxylic acids is 1. The van der Waals surface area contributed by atoms with Crippen molar-refractivity contribution in [2.75, 3.05) is 14.2 Å². The van der Waals surface area contributed by atoms with Crippen molar-refractivity contribution in [2.45, 2.75) is 13.0 Å². The Hall–Kier alpha value is -3.00. The minimum Gasteiger partial charge on any atom is -0.497 e. The molecule has 0 spiro atoms. The Morgan fingerprint density at radius 3 is 2.30 bits per heavy atom. The predicted molar refractivity (Wildman–Crippen MR) is 85.1 cm³/mol. The van der Waals surface area contributed by atoms with Gasteiger partial charge in [0.25, 0.3) is 0 Å². The number of hydrogen-bond donors (Lipinski definition) is 0. The summed E-state index contributed by atoms with van der Waals surface area (Å²) in [6.45, 7) is 1.67. The zero-order valence-electron chi connectivity index (χ0n) is 13.2. The number of ketones is 1. The fourth-order valence-corrected chi connectivity index (χ4v) is 2.07. The highest BCUT2D eigenvalue weighted by Gasteiger charge is 2.19. The molecule has 5 heteroatoms. The molecule has 1 atom stereocenters. The number of carbonyl (C=O) groups is 1. The summed E-state index contributed by atoms with van der Waals surface area (Å²) in [6.07, 6.45) is -0.690. The quantitative estimate of drug-likeness (QED) is 0.766. The summed E-state index contributed by atoms with van der Waals surface area (Å²) >= 11 is 0. The van der Waals surface area contributed by atoms with Gasteiger partial charge in [0.15, 0.2) is 17.6 Å². The second kappa shape index (κ2) is 7.32. The van der Waals surface area contributed by atoms with Gasteiger partial charge in [-0.1, -0.05) is 0 Å². The topological polar surface area (TPSA) is 68.5 Å². The van der Waals surface area contributed by atoms with Crippen molar-refractivity contribution >= 4 is 5.78 Å². The second-order valence-electron chi connectivity index (χ2n) is 4.83. The van der Waals surface area contributed by atoms with Crippen LogP contribution < -0.4 is 14.2 Å². The Morgan fingerprint density at radius 2 is 1.74 bits per heavy atom. The minimum atomic E-state index is -0.690. The van der Waals surface area contributed by atoms with E-state index < -0.39 is 6.10 Å². The number of rotatable bonds is 6. The van der Waals surface area contributed by atoms with Gasteiger partial charge in [-0.25, -0.2) is 0 Å². The standard InChI is InChI=1S/C18H17NO4/c1-12(18(20)14-5-7-15(21-2)8-6-14)23-16-9-4-13(11-19)10-17(16)22-3/h4-10,12H,1-3H3/t12-/m1/s1. The van der Waals surface area contributed by atoms with E-state index in [2.05, 4.69) is 0 Å². The van der Waals surface area contributed by atoms with Gasteiger partial charge in [-0.3, -0.25) is 4.79 Å². The summed E-state index contributed by atoms with van der Waals surface area (Å²) in [5.74, 6) is 1.36. The van der Waals surface area contributed by atoms with E-state index in [9.17, 15) is 4.79 Å². The van der Waals surface area contributed by atoms with Gasteiger partial charge in [0.05, 0.1) is 25.9 Å². The molecule has 0 fully saturated rings. The van der Waals surface area contributed by atoms with Crippen molar-refractivity contribution < 1.29 is 19.0 Å². The highest BCUT2D eigenvalue weighted by Crippen LogP contribution is 2.29. The second-order valence-corrected chi connectivity index (χ2v) is 4.83. The Labute approximate surface area is 135 Å². The maximum atomic E-state index is 12.4. The van der Waals surface area contributed by atoms with Crippen LogP contribution >= 0.6 is 0 Å². The van der Waals surface area contributed by atoms with Gasteiger partial charge in [0.2, 0.25) is 5.78 Å². The molecule has 2 aromatic carbocycles. The van der Waals surface area contributed by atoms with Crippen LogP contribution in [0.3, 0.4) is 0 Å². The number of methoxy groups -OCH3 is 2. The van der Waals surface area contributed by atoms with Gasteiger partial charge in [-0.05, 0) is 43.3 Å². The van der Waals surface area contributed by atoms with E-state index in [0.717, 1.165) is 0 Å². The molecule has 0 saturated heterocycles. The third-order valence-corrected chi connectivity index (χ3v) is 3.34. The lowest BCUT2D eigenvalue weighted by molar-refractivity contribution is 0.0814. The van der Waals surface area contributed by atoms with Crippen LogP contribution in [0.5, 0.6) is 17.2 Å². The fraction of sp³-hybridized carbons (Fsp3) is 0.222. The largest absolute Gasteiger partial charge is 0.497 e. The molecule has 0 amide bonds. The summed E-state index contributed by atoms with van der Waals surface area (Å²) in [5.41, 5.74) is 0.995. The Bertz CT molecular complexity index is 732. The lowest BCUT2D eigenvalue weighted by Crippen LogP contribution is -2.24. The normalized spacial score (nSPS) is 11.2. The lowest BCUT2D eigenvalue weighted by Gasteiger charge is -2.16. The van der Waals surface area contributed by atoms with Crippen molar-refractivity contribution in [1.29, 1.82) is 5.26 Å². The molecule has 0 aromatic heterocycles. The van der Waals surface area contributed by atoms with Crippen molar-refractivity contribution in [1.82, 2.24) is 0 Å². The van der Waals surface area contributed by atoms with E-state index in [0.29, 0.717) is 28.4 Å². The van der Waals surface area contributed by atoms with Crippen LogP contribution in [0, 0.1) is 11.3 Å². The third-order valence-electron chi connectivity index (χ3n) is 3.34. The monoisotopic (exact) mass is 311 g/mol. The van der Waals surface area contributed by atoms with E-state index in [1.807, 2.05) is 6.07 Å². The maximum Gasteiger partial charge on any atom is 0.203 e. The molecule has 2 aromatic rings. The fourth-order valence-electron chi connectivity index (χ4n) is 2.07. The Morgan fingerprint density at radius 1 is 1.04 bits per heavy atom. The molecule has 0 aliphatic carbocycles. The molecule has 23 heavy (non-hydrogen) atoms. The summed E-state index contributed by atoms with van der Waals surface area (Å²) in [5, 5.41) is 8.90. The molecule has 0 saturated carbocycles. The third kappa shape index (κ3) is 3.80. The van der Waals surface area contributed by atoms with Crippen LogP contribution in [-0.4, -0.2) is 26.1 Å². The van der Waals surface area contributed by atoms with Crippen LogP contribution in [0.2, 0.25) is 0 Å². The van der Waals surface area contributed by atoms with Crippen LogP contribution in [0.4, 0.5) is 0 Å². The Balaban J connectivity index is 2.16. The summed E-state index contributed by atoms with van der Waals surface area (Å²) in [4.78, 5) is 12.4. The van der Waals surface area contributed by atoms with Gasteiger partial charge in [-0.2, -0.15) is 5.26 Å². The van der Waals surface area contributed by atoms with Gasteiger partial charge in [-0.15, -0.1) is 0 Å². The first-order valence-corrected chi connectivity index (χ1v) is 7.02. The van der Waals surface area contributed by atoms with E-state index in [1.165, 1.54) is 7.11 Å². The first-order valence-electron chi connectivity index (χ1n) is 7.02. The highest BCUT2D eigenvalue weighted by molar-refractivity contribution is 5.99. The average Bonchev–Trinajstić information content (AvgIpc) is 2.61. The van der Waals surface area contributed by atoms with E-state index in [-0.39, 0.29) is 5.78 Å². The molecule has 0 bridgehead atoms. The van der Waals surface area contributed by atoms with Crippen LogP contribution in [0.15, 0.2) is 42.5 Å². The maximum absolute atomic E-state index is 12.4. The van der Waals surface area contributed by atoms with Crippen molar-refractivity contribution in [3.63, 3.8) is 0 Å². The Kier molecular flexibility index (Phi) is 5.21. The van der Waals surface area contributed by atoms with Gasteiger partial charge in [0, 0.05) is 11.6 Å². The van der Waals surface area contributed by atoms with Crippen molar-refractivity contribution in [3.8, 4) is 23.3 Å². The van der Waals surface area contributed by atoms with Crippen LogP contribution in [0.1, 0.15) is 22.8 Å². The molecular weight excluding hydrogens is 294 g/mol. The molecule has 0 aliphatic rings. The highest BCUT2D eigenvalue weighted by atomic mass is 16.5. The lowest BCUT2D eigenvalue weighted by atomic mass is 10.1. The average molecular weight is 311 g/mol. The zero-order valence-corrected chi connectivity index (χ0v) is 13.2. The van der Waals surface area contributed by atoms with Crippen molar-refractivity contribution in [3.05, 3.63) is 53.6 Å². The SMILES string of the molecule is COc1ccc(C(=O)[C@@H](C)Oc2ccc(C#N)cc2OC)cc1. The van der Waals surface area contributed by atoms with Gasteiger partial charge in [0.1, 0.15) is 5.75 Å². The van der Waals surface area contributed by atoms with E-state index in [4.69, 9.17) is 19.5 Å². The number of ether oxygens (including phenoxy) is 3. The first kappa shape index (κ1) is 16.4. The summed E-state index contributed by atoms with van der Waals surface area (Å²) in [6, 6.07) is 13.7. The van der Waals surface area contributed by atoms with Gasteiger partial charge >= 0.3 is 0 Å². The zero-order chi connectivity index (χ0) is 16.8. The first-order chi connectivity index (χ1) is 11.1. The summed E-state index contributed by atoms with van der Waals surface area (Å²) in [7, 11) is 3.05. The van der Waals surface area contributed by atoms with Crippen LogP contribution in [0.25, 0.3) is 0 Å². The number of hydrogen-bond acceptors (Lipinski definition) is 5. The van der Waals surface area contributed by atoms with E-state index >= 15 is 0 Å². The number of Topliss-reactive ketones (excluding diaryl/α,β-unsaturated/α-hetero) is 1. The molecule has 0 heterocycles. The van der Waals surface area contributed by atoms with Crippen LogP contribution in [-0.2, 0) is 0 Å². The molecule has 0 radical (unpaired) electrons. The number of nitrogens with zero attached hydrogens (tertiary/aromatic N) is 1. The molecule has 2 rings (SSSR count). The van der Waals surface area contributed by atoms with Crippen molar-refractivity contribution in [2.24, 2.45) is 0 Å². The molecule has 5 nitrogen and oxygen atoms in total. The summed E-state index contributed by atoms with van der Waals surface area (Å²) < 4.78 is 16.0. The molecular formula is C18H17NO4. The predicted octanol–water partition coefficient (Wildman–Crippen LogP) is 3.23. The molecule has 0 aliphatic heterocycles. The molecule has 0 unspecified atom stereocenters. The smallest absolute Gasteiger partial charge is 0.203 e. The number of benzene rings is 2. The molecule has 118 valence electrons. The molecule has 0 N–H and O–H groups in total.